The molecule has 0 aliphatic carbocycles. The fourth-order valence-corrected chi connectivity index (χ4v) is 8.21. The molecule has 1 aliphatic rings. The Morgan fingerprint density at radius 2 is 1.70 bits per heavy atom. The molecule has 2 aromatic carbocycles. The van der Waals surface area contributed by atoms with Gasteiger partial charge in [-0.1, -0.05) is 60.6 Å². The van der Waals surface area contributed by atoms with Crippen LogP contribution in [0.2, 0.25) is 5.31 Å². The summed E-state index contributed by atoms with van der Waals surface area (Å²) in [6, 6.07) is 12.1. The average molecular weight is 587 g/mol. The predicted octanol–water partition coefficient (Wildman–Crippen LogP) is 7.80. The van der Waals surface area contributed by atoms with Gasteiger partial charge in [0, 0.05) is 45.3 Å². The van der Waals surface area contributed by atoms with E-state index in [4.69, 9.17) is 26.8 Å². The lowest BCUT2D eigenvalue weighted by Crippen LogP contribution is -2.24. The third-order valence-corrected chi connectivity index (χ3v) is 11.0. The molecule has 5 nitrogen and oxygen atoms in total. The van der Waals surface area contributed by atoms with Gasteiger partial charge in [0.2, 0.25) is 0 Å². The first-order valence-electron chi connectivity index (χ1n) is 13.9. The molecule has 40 heavy (non-hydrogen) atoms. The fraction of sp³-hybridized carbons (Fsp3) is 0.625. The SMILES string of the molecule is [B]C(C)(C)COCOc1ccc(C(CC(C)(C)c2cc(OC)c(C3CC(C)(C)C(C)S3)cc2OC)S(C)=O)cc1. The van der Waals surface area contributed by atoms with Crippen LogP contribution in [0, 0.1) is 5.41 Å². The molecule has 0 amide bonds. The standard InChI is InChI=1S/C32H47BO5S2/c1-21-30(2,3)17-28(39-21)24-15-27(36-9)25(16-26(24)35-8)31(4,5)18-29(40(10)34)22-11-13-23(14-12-22)38-20-37-19-32(6,7)33/h11-16,21,28-29H,17-20H2,1-10H3. The smallest absolute Gasteiger partial charge is 0.189 e. The molecule has 1 aliphatic heterocycles. The van der Waals surface area contributed by atoms with Crippen molar-refractivity contribution in [1.29, 1.82) is 0 Å². The molecule has 0 N–H and O–H groups in total. The average Bonchev–Trinajstić information content (AvgIpc) is 3.15. The van der Waals surface area contributed by atoms with Crippen molar-refractivity contribution in [3.63, 3.8) is 0 Å². The zero-order valence-corrected chi connectivity index (χ0v) is 27.6. The topological polar surface area (TPSA) is 54.0 Å². The van der Waals surface area contributed by atoms with E-state index in [-0.39, 0.29) is 22.9 Å². The van der Waals surface area contributed by atoms with Gasteiger partial charge in [-0.3, -0.25) is 4.21 Å². The highest BCUT2D eigenvalue weighted by molar-refractivity contribution is 8.00. The molecule has 4 unspecified atom stereocenters. The van der Waals surface area contributed by atoms with Crippen LogP contribution in [-0.2, 0) is 21.0 Å². The molecule has 8 heteroatoms. The number of hydrogen-bond donors (Lipinski definition) is 0. The second-order valence-corrected chi connectivity index (χ2v) is 16.1. The summed E-state index contributed by atoms with van der Waals surface area (Å²) in [5.41, 5.74) is 3.18. The Labute approximate surface area is 250 Å². The number of rotatable bonds is 13. The van der Waals surface area contributed by atoms with Crippen LogP contribution >= 0.6 is 11.8 Å². The maximum atomic E-state index is 13.0. The predicted molar refractivity (Wildman–Crippen MR) is 170 cm³/mol. The van der Waals surface area contributed by atoms with E-state index in [1.54, 1.807) is 20.5 Å². The minimum absolute atomic E-state index is 0.129. The van der Waals surface area contributed by atoms with E-state index in [2.05, 4.69) is 46.8 Å². The van der Waals surface area contributed by atoms with Crippen molar-refractivity contribution >= 4 is 30.4 Å². The van der Waals surface area contributed by atoms with Gasteiger partial charge < -0.3 is 18.9 Å². The highest BCUT2D eigenvalue weighted by atomic mass is 32.2. The highest BCUT2D eigenvalue weighted by Crippen LogP contribution is 2.57. The van der Waals surface area contributed by atoms with Crippen LogP contribution in [0.25, 0.3) is 0 Å². The molecule has 4 atom stereocenters. The summed E-state index contributed by atoms with van der Waals surface area (Å²) < 4.78 is 36.2. The summed E-state index contributed by atoms with van der Waals surface area (Å²) in [6.07, 6.45) is 3.54. The minimum Gasteiger partial charge on any atom is -0.496 e. The molecule has 2 radical (unpaired) electrons. The third-order valence-electron chi connectivity index (χ3n) is 7.94. The number of benzene rings is 2. The van der Waals surface area contributed by atoms with E-state index in [1.165, 1.54) is 5.56 Å². The normalized spacial score (nSPS) is 20.6. The lowest BCUT2D eigenvalue weighted by Gasteiger charge is -2.32. The summed E-state index contributed by atoms with van der Waals surface area (Å²) >= 11 is 2.01. The van der Waals surface area contributed by atoms with Crippen LogP contribution in [-0.4, -0.2) is 51.2 Å². The Balaban J connectivity index is 1.82. The van der Waals surface area contributed by atoms with Crippen molar-refractivity contribution < 1.29 is 23.2 Å². The minimum atomic E-state index is -1.09. The largest absolute Gasteiger partial charge is 0.496 e. The van der Waals surface area contributed by atoms with E-state index in [1.807, 2.05) is 49.9 Å². The summed E-state index contributed by atoms with van der Waals surface area (Å²) in [5, 5.41) is 0.346. The van der Waals surface area contributed by atoms with E-state index < -0.39 is 16.1 Å². The van der Waals surface area contributed by atoms with Crippen molar-refractivity contribution in [3.05, 3.63) is 53.1 Å². The zero-order chi connectivity index (χ0) is 29.9. The van der Waals surface area contributed by atoms with Gasteiger partial charge in [-0.15, -0.1) is 11.8 Å². The molecular weight excluding hydrogens is 539 g/mol. The van der Waals surface area contributed by atoms with Gasteiger partial charge in [0.15, 0.2) is 6.79 Å². The number of methoxy groups -OCH3 is 2. The Morgan fingerprint density at radius 1 is 1.07 bits per heavy atom. The fourth-order valence-electron chi connectivity index (χ4n) is 5.20. The number of ether oxygens (including phenoxy) is 4. The van der Waals surface area contributed by atoms with Gasteiger partial charge in [0.05, 0.1) is 27.3 Å². The Morgan fingerprint density at radius 3 is 2.20 bits per heavy atom. The third kappa shape index (κ3) is 8.22. The van der Waals surface area contributed by atoms with Crippen LogP contribution in [0.1, 0.15) is 88.5 Å². The van der Waals surface area contributed by atoms with Crippen LogP contribution in [0.5, 0.6) is 17.2 Å². The maximum Gasteiger partial charge on any atom is 0.189 e. The highest BCUT2D eigenvalue weighted by Gasteiger charge is 2.41. The number of hydrogen-bond acceptors (Lipinski definition) is 6. The van der Waals surface area contributed by atoms with Crippen LogP contribution in [0.3, 0.4) is 0 Å². The lowest BCUT2D eigenvalue weighted by molar-refractivity contribution is 0.00568. The number of thioether (sulfide) groups is 1. The van der Waals surface area contributed by atoms with E-state index in [0.717, 1.165) is 29.0 Å². The first kappa shape index (κ1) is 32.9. The summed E-state index contributed by atoms with van der Waals surface area (Å²) in [6.45, 7) is 15.7. The summed E-state index contributed by atoms with van der Waals surface area (Å²) in [5.74, 6) is 2.44. The molecule has 0 bridgehead atoms. The van der Waals surface area contributed by atoms with Gasteiger partial charge in [-0.25, -0.2) is 0 Å². The molecule has 0 spiro atoms. The summed E-state index contributed by atoms with van der Waals surface area (Å²) in [4.78, 5) is 0. The molecule has 0 aromatic heterocycles. The quantitative estimate of drug-likeness (QED) is 0.136. The lowest BCUT2D eigenvalue weighted by atomic mass is 9.73. The second-order valence-electron chi connectivity index (χ2n) is 13.0. The van der Waals surface area contributed by atoms with E-state index in [0.29, 0.717) is 29.3 Å². The summed E-state index contributed by atoms with van der Waals surface area (Å²) in [7, 11) is 8.33. The maximum absolute atomic E-state index is 13.0. The van der Waals surface area contributed by atoms with Gasteiger partial charge in [0.25, 0.3) is 0 Å². The van der Waals surface area contributed by atoms with Crippen molar-refractivity contribution in [2.24, 2.45) is 5.41 Å². The molecule has 1 fully saturated rings. The van der Waals surface area contributed by atoms with E-state index in [9.17, 15) is 4.21 Å². The molecule has 2 aromatic rings. The van der Waals surface area contributed by atoms with Crippen molar-refractivity contribution in [2.45, 2.75) is 87.8 Å². The van der Waals surface area contributed by atoms with Crippen LogP contribution in [0.15, 0.2) is 36.4 Å². The zero-order valence-electron chi connectivity index (χ0n) is 26.0. The van der Waals surface area contributed by atoms with Crippen molar-refractivity contribution in [2.75, 3.05) is 33.9 Å². The van der Waals surface area contributed by atoms with E-state index >= 15 is 0 Å². The molecule has 0 saturated carbocycles. The molecule has 220 valence electrons. The first-order chi connectivity index (χ1) is 18.6. The Hall–Kier alpha value is -1.64. The van der Waals surface area contributed by atoms with Gasteiger partial charge in [-0.05, 0) is 58.8 Å². The molecule has 1 heterocycles. The molecule has 3 rings (SSSR count). The van der Waals surface area contributed by atoms with Gasteiger partial charge in [-0.2, -0.15) is 0 Å². The Kier molecular flexibility index (Phi) is 10.8. The van der Waals surface area contributed by atoms with Crippen molar-refractivity contribution in [3.8, 4) is 17.2 Å². The van der Waals surface area contributed by atoms with Gasteiger partial charge >= 0.3 is 0 Å². The van der Waals surface area contributed by atoms with Crippen LogP contribution in [0.4, 0.5) is 0 Å². The monoisotopic (exact) mass is 586 g/mol. The first-order valence-corrected chi connectivity index (χ1v) is 16.5. The molecular formula is C32H47BO5S2. The van der Waals surface area contributed by atoms with Gasteiger partial charge in [0.1, 0.15) is 17.2 Å². The Bertz CT molecular complexity index is 1160. The second kappa shape index (κ2) is 13.1. The molecule has 1 saturated heterocycles. The van der Waals surface area contributed by atoms with Crippen LogP contribution < -0.4 is 14.2 Å². The van der Waals surface area contributed by atoms with Crippen molar-refractivity contribution in [1.82, 2.24) is 0 Å².